The molecular formula is C29H31NO3. The van der Waals surface area contributed by atoms with Crippen molar-refractivity contribution in [2.75, 3.05) is 27.7 Å². The maximum Gasteiger partial charge on any atom is 0.336 e. The van der Waals surface area contributed by atoms with Crippen LogP contribution in [-0.2, 0) is 0 Å². The van der Waals surface area contributed by atoms with Gasteiger partial charge in [0.2, 0.25) is 0 Å². The number of carbonyl (C=O) groups is 1. The van der Waals surface area contributed by atoms with Crippen molar-refractivity contribution in [3.8, 4) is 5.75 Å². The van der Waals surface area contributed by atoms with Gasteiger partial charge in [-0.2, -0.15) is 0 Å². The Kier molecular flexibility index (Phi) is 6.66. The fraction of sp³-hybridized carbons (Fsp3) is 0.276. The standard InChI is InChI=1S/C29H31NO3/c1-19-21(14-20-15-22-8-5-6-11-26(22)27(16-20)29(31)32)12-13-24(18-30(2)3)28(19)23-9-7-10-25(17-23)33-4/h5-11,14-17,24H,12-13,18H2,1-4H3,(H,31,32)/b21-14-. The Labute approximate surface area is 195 Å². The number of hydrogen-bond donors (Lipinski definition) is 1. The van der Waals surface area contributed by atoms with Gasteiger partial charge < -0.3 is 14.7 Å². The van der Waals surface area contributed by atoms with Crippen molar-refractivity contribution < 1.29 is 14.6 Å². The summed E-state index contributed by atoms with van der Waals surface area (Å²) in [7, 11) is 5.93. The van der Waals surface area contributed by atoms with Crippen LogP contribution >= 0.6 is 0 Å². The number of allylic oxidation sites excluding steroid dienone is 2. The van der Waals surface area contributed by atoms with E-state index in [1.54, 1.807) is 13.2 Å². The highest BCUT2D eigenvalue weighted by atomic mass is 16.5. The van der Waals surface area contributed by atoms with Crippen molar-refractivity contribution in [1.29, 1.82) is 0 Å². The summed E-state index contributed by atoms with van der Waals surface area (Å²) in [5.41, 5.74) is 6.33. The number of carboxylic acids is 1. The molecule has 0 saturated carbocycles. The zero-order chi connectivity index (χ0) is 23.5. The third kappa shape index (κ3) is 4.86. The topological polar surface area (TPSA) is 49.8 Å². The maximum absolute atomic E-state index is 11.9. The number of aromatic carboxylic acids is 1. The molecule has 0 amide bonds. The number of benzene rings is 3. The first-order valence-electron chi connectivity index (χ1n) is 11.3. The van der Waals surface area contributed by atoms with Gasteiger partial charge in [-0.1, -0.05) is 42.5 Å². The highest BCUT2D eigenvalue weighted by Gasteiger charge is 2.26. The molecule has 4 heteroatoms. The third-order valence-corrected chi connectivity index (χ3v) is 6.48. The summed E-state index contributed by atoms with van der Waals surface area (Å²) < 4.78 is 5.49. The Morgan fingerprint density at radius 2 is 1.91 bits per heavy atom. The molecule has 1 N–H and O–H groups in total. The second-order valence-corrected chi connectivity index (χ2v) is 9.03. The Morgan fingerprint density at radius 3 is 2.64 bits per heavy atom. The second kappa shape index (κ2) is 9.63. The maximum atomic E-state index is 11.9. The van der Waals surface area contributed by atoms with Crippen LogP contribution in [0.2, 0.25) is 0 Å². The molecule has 1 atom stereocenters. The monoisotopic (exact) mass is 441 g/mol. The molecule has 0 radical (unpaired) electrons. The Hall–Kier alpha value is -3.37. The molecule has 0 saturated heterocycles. The zero-order valence-corrected chi connectivity index (χ0v) is 19.8. The fourth-order valence-corrected chi connectivity index (χ4v) is 4.98. The zero-order valence-electron chi connectivity index (χ0n) is 19.8. The highest BCUT2D eigenvalue weighted by molar-refractivity contribution is 6.04. The van der Waals surface area contributed by atoms with Gasteiger partial charge in [-0.25, -0.2) is 4.79 Å². The van der Waals surface area contributed by atoms with Gasteiger partial charge in [0, 0.05) is 6.54 Å². The van der Waals surface area contributed by atoms with E-state index in [-0.39, 0.29) is 0 Å². The Bertz CT molecular complexity index is 1250. The molecule has 0 heterocycles. The van der Waals surface area contributed by atoms with E-state index >= 15 is 0 Å². The minimum Gasteiger partial charge on any atom is -0.497 e. The Morgan fingerprint density at radius 1 is 1.12 bits per heavy atom. The lowest BCUT2D eigenvalue weighted by Gasteiger charge is -2.32. The van der Waals surface area contributed by atoms with Crippen LogP contribution in [0.5, 0.6) is 5.75 Å². The SMILES string of the molecule is COc1cccc(C2=C(C)/C(=C\c3cc(C(=O)O)c4ccccc4c3)CCC2CN(C)C)c1. The number of hydrogen-bond acceptors (Lipinski definition) is 3. The molecular weight excluding hydrogens is 410 g/mol. The van der Waals surface area contributed by atoms with Gasteiger partial charge in [-0.05, 0) is 103 Å². The van der Waals surface area contributed by atoms with Crippen LogP contribution in [0.4, 0.5) is 0 Å². The number of ether oxygens (including phenoxy) is 1. The van der Waals surface area contributed by atoms with E-state index in [0.29, 0.717) is 11.5 Å². The number of nitrogens with zero attached hydrogens (tertiary/aromatic N) is 1. The van der Waals surface area contributed by atoms with E-state index in [0.717, 1.165) is 41.5 Å². The summed E-state index contributed by atoms with van der Waals surface area (Å²) in [5.74, 6) is 0.383. The molecule has 1 unspecified atom stereocenters. The van der Waals surface area contributed by atoms with E-state index in [2.05, 4.69) is 50.2 Å². The van der Waals surface area contributed by atoms with E-state index in [1.807, 2.05) is 36.4 Å². The lowest BCUT2D eigenvalue weighted by molar-refractivity contribution is 0.0699. The first-order chi connectivity index (χ1) is 15.9. The molecule has 4 nitrogen and oxygen atoms in total. The number of carboxylic acid groups (broad SMARTS) is 1. The molecule has 170 valence electrons. The normalized spacial score (nSPS) is 17.7. The smallest absolute Gasteiger partial charge is 0.336 e. The quantitative estimate of drug-likeness (QED) is 0.482. The van der Waals surface area contributed by atoms with Gasteiger partial charge in [-0.15, -0.1) is 0 Å². The number of methoxy groups -OCH3 is 1. The van der Waals surface area contributed by atoms with Crippen molar-refractivity contribution >= 4 is 28.4 Å². The van der Waals surface area contributed by atoms with Gasteiger partial charge in [0.25, 0.3) is 0 Å². The van der Waals surface area contributed by atoms with Crippen LogP contribution in [0, 0.1) is 5.92 Å². The molecule has 1 aliphatic carbocycles. The average molecular weight is 442 g/mol. The van der Waals surface area contributed by atoms with Crippen molar-refractivity contribution in [2.45, 2.75) is 19.8 Å². The largest absolute Gasteiger partial charge is 0.497 e. The predicted octanol–water partition coefficient (Wildman–Crippen LogP) is 6.38. The van der Waals surface area contributed by atoms with Crippen LogP contribution in [-0.4, -0.2) is 43.7 Å². The summed E-state index contributed by atoms with van der Waals surface area (Å²) in [5, 5.41) is 11.5. The van der Waals surface area contributed by atoms with Gasteiger partial charge in [0.05, 0.1) is 12.7 Å². The van der Waals surface area contributed by atoms with Gasteiger partial charge >= 0.3 is 5.97 Å². The lowest BCUT2D eigenvalue weighted by Crippen LogP contribution is -2.25. The summed E-state index contributed by atoms with van der Waals surface area (Å²) in [6.45, 7) is 3.18. The first kappa shape index (κ1) is 22.8. The number of rotatable bonds is 6. The van der Waals surface area contributed by atoms with Gasteiger partial charge in [0.15, 0.2) is 0 Å². The molecule has 0 aromatic heterocycles. The van der Waals surface area contributed by atoms with Crippen molar-refractivity contribution in [3.05, 3.63) is 88.5 Å². The average Bonchev–Trinajstić information content (AvgIpc) is 2.80. The van der Waals surface area contributed by atoms with E-state index in [4.69, 9.17) is 4.74 Å². The van der Waals surface area contributed by atoms with Gasteiger partial charge in [-0.3, -0.25) is 0 Å². The molecule has 33 heavy (non-hydrogen) atoms. The molecule has 3 aromatic carbocycles. The summed E-state index contributed by atoms with van der Waals surface area (Å²) in [6.07, 6.45) is 4.18. The van der Waals surface area contributed by atoms with Crippen LogP contribution in [0.25, 0.3) is 22.4 Å². The third-order valence-electron chi connectivity index (χ3n) is 6.48. The van der Waals surface area contributed by atoms with Crippen LogP contribution in [0.15, 0.2) is 71.8 Å². The van der Waals surface area contributed by atoms with E-state index in [1.165, 1.54) is 22.3 Å². The number of fused-ring (bicyclic) bond motifs is 1. The molecule has 0 aliphatic heterocycles. The highest BCUT2D eigenvalue weighted by Crippen LogP contribution is 2.41. The van der Waals surface area contributed by atoms with Crippen LogP contribution in [0.3, 0.4) is 0 Å². The minimum atomic E-state index is -0.898. The lowest BCUT2D eigenvalue weighted by atomic mass is 9.76. The molecule has 1 aliphatic rings. The minimum absolute atomic E-state index is 0.343. The molecule has 0 spiro atoms. The van der Waals surface area contributed by atoms with E-state index in [9.17, 15) is 9.90 Å². The Balaban J connectivity index is 1.84. The van der Waals surface area contributed by atoms with Crippen molar-refractivity contribution in [1.82, 2.24) is 4.90 Å². The predicted molar refractivity (Wildman–Crippen MR) is 136 cm³/mol. The van der Waals surface area contributed by atoms with Crippen LogP contribution in [0.1, 0.15) is 41.3 Å². The summed E-state index contributed by atoms with van der Waals surface area (Å²) in [6, 6.07) is 19.8. The summed E-state index contributed by atoms with van der Waals surface area (Å²) >= 11 is 0. The first-order valence-corrected chi connectivity index (χ1v) is 11.3. The van der Waals surface area contributed by atoms with Crippen molar-refractivity contribution in [2.24, 2.45) is 5.92 Å². The van der Waals surface area contributed by atoms with E-state index < -0.39 is 5.97 Å². The van der Waals surface area contributed by atoms with Gasteiger partial charge in [0.1, 0.15) is 5.75 Å². The summed E-state index contributed by atoms with van der Waals surface area (Å²) in [4.78, 5) is 14.2. The fourth-order valence-electron chi connectivity index (χ4n) is 4.98. The molecule has 0 bridgehead atoms. The van der Waals surface area contributed by atoms with Crippen molar-refractivity contribution in [3.63, 3.8) is 0 Å². The molecule has 0 fully saturated rings. The molecule has 4 rings (SSSR count). The molecule has 3 aromatic rings. The van der Waals surface area contributed by atoms with Crippen LogP contribution < -0.4 is 4.74 Å². The second-order valence-electron chi connectivity index (χ2n) is 9.03.